The number of rotatable bonds is 4. The molecule has 3 rings (SSSR count). The average molecular weight is 284 g/mol. The summed E-state index contributed by atoms with van der Waals surface area (Å²) in [5.74, 6) is 0.0269. The Balaban J connectivity index is 1.84. The van der Waals surface area contributed by atoms with E-state index >= 15 is 0 Å². The van der Waals surface area contributed by atoms with Crippen molar-refractivity contribution >= 4 is 17.5 Å². The fraction of sp³-hybridized carbons (Fsp3) is 0.412. The zero-order valence-corrected chi connectivity index (χ0v) is 12.1. The van der Waals surface area contributed by atoms with Crippen LogP contribution in [-0.4, -0.2) is 29.3 Å². The Morgan fingerprint density at radius 1 is 1.38 bits per heavy atom. The van der Waals surface area contributed by atoms with Gasteiger partial charge in [0.15, 0.2) is 0 Å². The van der Waals surface area contributed by atoms with Gasteiger partial charge in [-0.25, -0.2) is 0 Å². The van der Waals surface area contributed by atoms with Crippen LogP contribution in [0, 0.1) is 0 Å². The smallest absolute Gasteiger partial charge is 0.254 e. The highest BCUT2D eigenvalue weighted by atomic mass is 16.2. The molecule has 110 valence electrons. The molecule has 0 aromatic heterocycles. The molecule has 1 N–H and O–H groups in total. The second kappa shape index (κ2) is 5.72. The molecule has 1 aliphatic carbocycles. The Hall–Kier alpha value is -2.10. The van der Waals surface area contributed by atoms with Crippen molar-refractivity contribution in [1.82, 2.24) is 4.90 Å². The SMILES string of the molecule is C=CCN(C(=O)c1ccc2c(c1)NC(=O)C2)C1CCCC1. The number of amides is 2. The summed E-state index contributed by atoms with van der Waals surface area (Å²) in [7, 11) is 0. The number of nitrogens with one attached hydrogen (secondary N) is 1. The van der Waals surface area contributed by atoms with Crippen LogP contribution in [0.15, 0.2) is 30.9 Å². The molecule has 1 heterocycles. The molecule has 1 aromatic carbocycles. The van der Waals surface area contributed by atoms with Gasteiger partial charge in [-0.3, -0.25) is 9.59 Å². The number of carbonyl (C=O) groups excluding carboxylic acids is 2. The van der Waals surface area contributed by atoms with Gasteiger partial charge in [0.25, 0.3) is 5.91 Å². The lowest BCUT2D eigenvalue weighted by Gasteiger charge is -2.28. The second-order valence-electron chi connectivity index (χ2n) is 5.78. The van der Waals surface area contributed by atoms with Crippen LogP contribution in [-0.2, 0) is 11.2 Å². The molecule has 0 bridgehead atoms. The fourth-order valence-electron chi connectivity index (χ4n) is 3.27. The first-order valence-corrected chi connectivity index (χ1v) is 7.53. The summed E-state index contributed by atoms with van der Waals surface area (Å²) in [5, 5.41) is 2.80. The van der Waals surface area contributed by atoms with E-state index in [-0.39, 0.29) is 11.8 Å². The van der Waals surface area contributed by atoms with Gasteiger partial charge < -0.3 is 10.2 Å². The Morgan fingerprint density at radius 3 is 2.86 bits per heavy atom. The number of benzene rings is 1. The molecule has 1 aromatic rings. The fourth-order valence-corrected chi connectivity index (χ4v) is 3.27. The summed E-state index contributed by atoms with van der Waals surface area (Å²) in [4.78, 5) is 26.1. The van der Waals surface area contributed by atoms with Crippen molar-refractivity contribution < 1.29 is 9.59 Å². The molecular weight excluding hydrogens is 264 g/mol. The largest absolute Gasteiger partial charge is 0.332 e. The molecule has 0 radical (unpaired) electrons. The number of hydrogen-bond donors (Lipinski definition) is 1. The maximum atomic E-state index is 12.8. The predicted octanol–water partition coefficient (Wildman–Crippen LogP) is 2.75. The Morgan fingerprint density at radius 2 is 2.14 bits per heavy atom. The Labute approximate surface area is 124 Å². The Kier molecular flexibility index (Phi) is 3.78. The van der Waals surface area contributed by atoms with Crippen molar-refractivity contribution in [3.8, 4) is 0 Å². The molecule has 2 amide bonds. The maximum Gasteiger partial charge on any atom is 0.254 e. The van der Waals surface area contributed by atoms with Gasteiger partial charge in [0.1, 0.15) is 0 Å². The van der Waals surface area contributed by atoms with E-state index in [0.717, 1.165) is 24.1 Å². The Bertz CT molecular complexity index is 588. The molecule has 21 heavy (non-hydrogen) atoms. The first-order chi connectivity index (χ1) is 10.2. The molecule has 1 aliphatic heterocycles. The number of nitrogens with zero attached hydrogens (tertiary/aromatic N) is 1. The number of fused-ring (bicyclic) bond motifs is 1. The number of carbonyl (C=O) groups is 2. The van der Waals surface area contributed by atoms with Crippen LogP contribution in [0.5, 0.6) is 0 Å². The summed E-state index contributed by atoms with van der Waals surface area (Å²) >= 11 is 0. The molecule has 0 atom stereocenters. The van der Waals surface area contributed by atoms with Gasteiger partial charge in [0.05, 0.1) is 6.42 Å². The zero-order chi connectivity index (χ0) is 14.8. The van der Waals surface area contributed by atoms with Crippen LogP contribution >= 0.6 is 0 Å². The van der Waals surface area contributed by atoms with E-state index in [1.807, 2.05) is 17.0 Å². The molecule has 4 nitrogen and oxygen atoms in total. The van der Waals surface area contributed by atoms with Gasteiger partial charge in [-0.1, -0.05) is 25.0 Å². The lowest BCUT2D eigenvalue weighted by atomic mass is 10.1. The van der Waals surface area contributed by atoms with Crippen LogP contribution in [0.25, 0.3) is 0 Å². The van der Waals surface area contributed by atoms with Crippen molar-refractivity contribution in [2.24, 2.45) is 0 Å². The van der Waals surface area contributed by atoms with Gasteiger partial charge in [-0.15, -0.1) is 6.58 Å². The third-order valence-electron chi connectivity index (χ3n) is 4.33. The molecular formula is C17H20N2O2. The van der Waals surface area contributed by atoms with E-state index in [1.165, 1.54) is 12.8 Å². The van der Waals surface area contributed by atoms with Crippen LogP contribution < -0.4 is 5.32 Å². The van der Waals surface area contributed by atoms with Crippen molar-refractivity contribution in [3.63, 3.8) is 0 Å². The summed E-state index contributed by atoms with van der Waals surface area (Å²) in [6.07, 6.45) is 6.70. The highest BCUT2D eigenvalue weighted by Gasteiger charge is 2.27. The summed E-state index contributed by atoms with van der Waals surface area (Å²) in [6.45, 7) is 4.34. The molecule has 4 heteroatoms. The van der Waals surface area contributed by atoms with Crippen LogP contribution in [0.3, 0.4) is 0 Å². The van der Waals surface area contributed by atoms with Crippen molar-refractivity contribution in [2.75, 3.05) is 11.9 Å². The third kappa shape index (κ3) is 2.71. The minimum absolute atomic E-state index is 0.00617. The van der Waals surface area contributed by atoms with Gasteiger partial charge in [0.2, 0.25) is 5.91 Å². The molecule has 2 aliphatic rings. The maximum absolute atomic E-state index is 12.8. The molecule has 1 saturated carbocycles. The van der Waals surface area contributed by atoms with E-state index < -0.39 is 0 Å². The van der Waals surface area contributed by atoms with E-state index in [4.69, 9.17) is 0 Å². The number of anilines is 1. The van der Waals surface area contributed by atoms with Crippen LogP contribution in [0.1, 0.15) is 41.6 Å². The van der Waals surface area contributed by atoms with Crippen molar-refractivity contribution in [1.29, 1.82) is 0 Å². The van der Waals surface area contributed by atoms with Gasteiger partial charge in [0, 0.05) is 23.8 Å². The first-order valence-electron chi connectivity index (χ1n) is 7.53. The average Bonchev–Trinajstić information content (AvgIpc) is 3.11. The van der Waals surface area contributed by atoms with E-state index in [1.54, 1.807) is 12.1 Å². The molecule has 0 unspecified atom stereocenters. The standard InChI is InChI=1S/C17H20N2O2/c1-2-9-19(14-5-3-4-6-14)17(21)13-8-7-12-11-16(20)18-15(12)10-13/h2,7-8,10,14H,1,3-6,9,11H2,(H,18,20). The minimum Gasteiger partial charge on any atom is -0.332 e. The molecule has 1 fully saturated rings. The monoisotopic (exact) mass is 284 g/mol. The van der Waals surface area contributed by atoms with E-state index in [9.17, 15) is 9.59 Å². The summed E-state index contributed by atoms with van der Waals surface area (Å²) < 4.78 is 0. The van der Waals surface area contributed by atoms with Gasteiger partial charge >= 0.3 is 0 Å². The lowest BCUT2D eigenvalue weighted by molar-refractivity contribution is -0.115. The normalized spacial score (nSPS) is 17.4. The highest BCUT2D eigenvalue weighted by molar-refractivity contribution is 6.02. The first kappa shape index (κ1) is 13.9. The topological polar surface area (TPSA) is 49.4 Å². The van der Waals surface area contributed by atoms with Gasteiger partial charge in [-0.05, 0) is 30.5 Å². The van der Waals surface area contributed by atoms with Crippen molar-refractivity contribution in [3.05, 3.63) is 42.0 Å². The van der Waals surface area contributed by atoms with Crippen LogP contribution in [0.2, 0.25) is 0 Å². The van der Waals surface area contributed by atoms with E-state index in [0.29, 0.717) is 24.6 Å². The lowest BCUT2D eigenvalue weighted by Crippen LogP contribution is -2.38. The third-order valence-corrected chi connectivity index (χ3v) is 4.33. The summed E-state index contributed by atoms with van der Waals surface area (Å²) in [6, 6.07) is 5.82. The quantitative estimate of drug-likeness (QED) is 0.864. The van der Waals surface area contributed by atoms with Crippen LogP contribution in [0.4, 0.5) is 5.69 Å². The zero-order valence-electron chi connectivity index (χ0n) is 12.1. The van der Waals surface area contributed by atoms with Gasteiger partial charge in [-0.2, -0.15) is 0 Å². The molecule has 0 saturated heterocycles. The second-order valence-corrected chi connectivity index (χ2v) is 5.78. The highest BCUT2D eigenvalue weighted by Crippen LogP contribution is 2.28. The number of hydrogen-bond acceptors (Lipinski definition) is 2. The van der Waals surface area contributed by atoms with Crippen molar-refractivity contribution in [2.45, 2.75) is 38.1 Å². The predicted molar refractivity (Wildman–Crippen MR) is 82.3 cm³/mol. The summed E-state index contributed by atoms with van der Waals surface area (Å²) in [5.41, 5.74) is 2.38. The molecule has 0 spiro atoms. The van der Waals surface area contributed by atoms with E-state index in [2.05, 4.69) is 11.9 Å². The minimum atomic E-state index is -0.00617.